The van der Waals surface area contributed by atoms with Crippen molar-refractivity contribution < 1.29 is 9.53 Å². The van der Waals surface area contributed by atoms with E-state index in [1.165, 1.54) is 18.3 Å². The van der Waals surface area contributed by atoms with E-state index in [0.717, 1.165) is 32.1 Å². The maximum absolute atomic E-state index is 13.2. The van der Waals surface area contributed by atoms with Crippen molar-refractivity contribution in [2.75, 3.05) is 7.11 Å². The van der Waals surface area contributed by atoms with Crippen molar-refractivity contribution in [3.05, 3.63) is 44.8 Å². The monoisotopic (exact) mass is 370 g/mol. The summed E-state index contributed by atoms with van der Waals surface area (Å²) in [6.07, 6.45) is 0.320. The van der Waals surface area contributed by atoms with Crippen LogP contribution in [0.25, 0.3) is 21.3 Å². The molecule has 0 saturated carbocycles. The van der Waals surface area contributed by atoms with Gasteiger partial charge in [-0.3, -0.25) is 14.2 Å². The molecular weight excluding hydrogens is 348 g/mol. The third-order valence-corrected chi connectivity index (χ3v) is 5.49. The van der Waals surface area contributed by atoms with Gasteiger partial charge in [0.1, 0.15) is 22.2 Å². The first kappa shape index (κ1) is 18.3. The molecule has 0 N–H and O–H groups in total. The fraction of sp³-hybridized carbons (Fsp3) is 0.350. The molecule has 1 aromatic carbocycles. The minimum atomic E-state index is -0.100. The molecule has 3 rings (SSSR count). The fourth-order valence-electron chi connectivity index (χ4n) is 3.17. The Bertz CT molecular complexity index is 1060. The van der Waals surface area contributed by atoms with E-state index in [4.69, 9.17) is 4.74 Å². The van der Waals surface area contributed by atoms with Gasteiger partial charge in [0.05, 0.1) is 12.5 Å². The van der Waals surface area contributed by atoms with Crippen molar-refractivity contribution >= 4 is 27.3 Å². The van der Waals surface area contributed by atoms with Crippen molar-refractivity contribution in [2.24, 2.45) is 0 Å². The summed E-state index contributed by atoms with van der Waals surface area (Å²) < 4.78 is 7.13. The first-order valence-corrected chi connectivity index (χ1v) is 9.30. The maximum atomic E-state index is 13.2. The number of nitrogens with zero attached hydrogens (tertiary/aromatic N) is 2. The predicted octanol–water partition coefficient (Wildman–Crippen LogP) is 4.04. The van der Waals surface area contributed by atoms with E-state index in [2.05, 4.69) is 4.98 Å². The Hall–Kier alpha value is -2.47. The summed E-state index contributed by atoms with van der Waals surface area (Å²) in [5.74, 6) is 1.42. The van der Waals surface area contributed by atoms with Crippen LogP contribution in [0.15, 0.2) is 23.0 Å². The van der Waals surface area contributed by atoms with Gasteiger partial charge in [-0.15, -0.1) is 11.3 Å². The van der Waals surface area contributed by atoms with Crippen LogP contribution in [0.1, 0.15) is 29.6 Å². The summed E-state index contributed by atoms with van der Waals surface area (Å²) in [6, 6.07) is 5.94. The van der Waals surface area contributed by atoms with Gasteiger partial charge < -0.3 is 4.74 Å². The minimum Gasteiger partial charge on any atom is -0.496 e. The number of benzene rings is 1. The van der Waals surface area contributed by atoms with Crippen molar-refractivity contribution in [1.82, 2.24) is 9.55 Å². The summed E-state index contributed by atoms with van der Waals surface area (Å²) in [5.41, 5.74) is 2.77. The number of aryl methyl sites for hydroxylation is 3. The molecule has 0 spiro atoms. The van der Waals surface area contributed by atoms with Gasteiger partial charge in [0, 0.05) is 29.0 Å². The molecule has 5 nitrogen and oxygen atoms in total. The van der Waals surface area contributed by atoms with Crippen LogP contribution in [0.4, 0.5) is 0 Å². The zero-order valence-electron chi connectivity index (χ0n) is 15.7. The molecule has 0 unspecified atom stereocenters. The maximum Gasteiger partial charge on any atom is 0.262 e. The summed E-state index contributed by atoms with van der Waals surface area (Å²) in [6.45, 7) is 7.70. The van der Waals surface area contributed by atoms with Crippen LogP contribution in [0.3, 0.4) is 0 Å². The standard InChI is InChI=1S/C20H22N2O3S/c1-11-6-7-16(25-5)15(10-11)17-13(3)26-19-18(17)20(24)22(14(4)21-19)9-8-12(2)23/h6-7,10H,8-9H2,1-5H3. The fourth-order valence-corrected chi connectivity index (χ4v) is 4.24. The number of aromatic nitrogens is 2. The van der Waals surface area contributed by atoms with Gasteiger partial charge in [-0.25, -0.2) is 4.98 Å². The molecule has 0 saturated heterocycles. The highest BCUT2D eigenvalue weighted by Gasteiger charge is 2.21. The molecule has 26 heavy (non-hydrogen) atoms. The second kappa shape index (κ2) is 7.03. The van der Waals surface area contributed by atoms with Gasteiger partial charge in [-0.1, -0.05) is 11.6 Å². The summed E-state index contributed by atoms with van der Waals surface area (Å²) in [7, 11) is 1.63. The van der Waals surface area contributed by atoms with E-state index >= 15 is 0 Å². The van der Waals surface area contributed by atoms with E-state index in [9.17, 15) is 9.59 Å². The average molecular weight is 370 g/mol. The largest absolute Gasteiger partial charge is 0.496 e. The summed E-state index contributed by atoms with van der Waals surface area (Å²) in [5, 5.41) is 0.602. The third-order valence-electron chi connectivity index (χ3n) is 4.49. The minimum absolute atomic E-state index is 0.0541. The number of carbonyl (C=O) groups excluding carboxylic acids is 1. The van der Waals surface area contributed by atoms with E-state index in [1.54, 1.807) is 11.7 Å². The molecule has 2 heterocycles. The Morgan fingerprint density at radius 3 is 2.65 bits per heavy atom. The number of rotatable bonds is 5. The zero-order valence-corrected chi connectivity index (χ0v) is 16.5. The third kappa shape index (κ3) is 3.17. The Morgan fingerprint density at radius 1 is 1.27 bits per heavy atom. The van der Waals surface area contributed by atoms with Crippen molar-refractivity contribution in [3.63, 3.8) is 0 Å². The van der Waals surface area contributed by atoms with Crippen molar-refractivity contribution in [1.29, 1.82) is 0 Å². The molecular formula is C20H22N2O3S. The lowest BCUT2D eigenvalue weighted by molar-refractivity contribution is -0.117. The molecule has 2 aromatic heterocycles. The Balaban J connectivity index is 2.32. The lowest BCUT2D eigenvalue weighted by Gasteiger charge is -2.12. The van der Waals surface area contributed by atoms with Crippen molar-refractivity contribution in [3.8, 4) is 16.9 Å². The van der Waals surface area contributed by atoms with Crippen LogP contribution < -0.4 is 10.3 Å². The molecule has 0 aliphatic carbocycles. The Morgan fingerprint density at radius 2 is 2.00 bits per heavy atom. The molecule has 0 radical (unpaired) electrons. The van der Waals surface area contributed by atoms with Gasteiger partial charge in [0.15, 0.2) is 0 Å². The molecule has 0 fully saturated rings. The molecule has 0 aliphatic rings. The number of carbonyl (C=O) groups is 1. The van der Waals surface area contributed by atoms with Crippen LogP contribution in [0, 0.1) is 20.8 Å². The summed E-state index contributed by atoms with van der Waals surface area (Å²) >= 11 is 1.51. The molecule has 3 aromatic rings. The van der Waals surface area contributed by atoms with Gasteiger partial charge in [0.2, 0.25) is 0 Å². The van der Waals surface area contributed by atoms with Crippen molar-refractivity contribution in [2.45, 2.75) is 40.7 Å². The average Bonchev–Trinajstić information content (AvgIpc) is 2.90. The van der Waals surface area contributed by atoms with Crippen LogP contribution in [0.5, 0.6) is 5.75 Å². The van der Waals surface area contributed by atoms with E-state index < -0.39 is 0 Å². The number of ketones is 1. The smallest absolute Gasteiger partial charge is 0.262 e. The van der Waals surface area contributed by atoms with Gasteiger partial charge >= 0.3 is 0 Å². The normalized spacial score (nSPS) is 11.1. The van der Waals surface area contributed by atoms with Crippen LogP contribution in [-0.4, -0.2) is 22.4 Å². The number of Topliss-reactive ketones (excluding diaryl/α,β-unsaturated/α-hetero) is 1. The highest BCUT2D eigenvalue weighted by molar-refractivity contribution is 7.19. The number of hydrogen-bond donors (Lipinski definition) is 0. The molecule has 0 amide bonds. The highest BCUT2D eigenvalue weighted by Crippen LogP contribution is 2.40. The second-order valence-electron chi connectivity index (χ2n) is 6.48. The number of hydrogen-bond acceptors (Lipinski definition) is 5. The van der Waals surface area contributed by atoms with Crippen LogP contribution in [-0.2, 0) is 11.3 Å². The number of methoxy groups -OCH3 is 1. The Kier molecular flexibility index (Phi) is 4.96. The van der Waals surface area contributed by atoms with Gasteiger partial charge in [-0.05, 0) is 39.8 Å². The lowest BCUT2D eigenvalue weighted by atomic mass is 10.0. The zero-order chi connectivity index (χ0) is 19.0. The number of fused-ring (bicyclic) bond motifs is 1. The Labute approximate surface area is 156 Å². The highest BCUT2D eigenvalue weighted by atomic mass is 32.1. The molecule has 0 atom stereocenters. The lowest BCUT2D eigenvalue weighted by Crippen LogP contribution is -2.24. The quantitative estimate of drug-likeness (QED) is 0.680. The molecule has 136 valence electrons. The van der Waals surface area contributed by atoms with Crippen LogP contribution >= 0.6 is 11.3 Å². The summed E-state index contributed by atoms with van der Waals surface area (Å²) in [4.78, 5) is 31.0. The van der Waals surface area contributed by atoms with E-state index in [1.807, 2.05) is 39.0 Å². The van der Waals surface area contributed by atoms with Gasteiger partial charge in [0.25, 0.3) is 5.56 Å². The second-order valence-corrected chi connectivity index (χ2v) is 7.69. The molecule has 6 heteroatoms. The first-order chi connectivity index (χ1) is 12.3. The topological polar surface area (TPSA) is 61.2 Å². The predicted molar refractivity (Wildman–Crippen MR) is 105 cm³/mol. The van der Waals surface area contributed by atoms with E-state index in [0.29, 0.717) is 24.2 Å². The molecule has 0 aliphatic heterocycles. The van der Waals surface area contributed by atoms with E-state index in [-0.39, 0.29) is 11.3 Å². The number of ether oxygens (including phenoxy) is 1. The van der Waals surface area contributed by atoms with Crippen LogP contribution in [0.2, 0.25) is 0 Å². The number of thiophene rings is 1. The molecule has 0 bridgehead atoms. The SMILES string of the molecule is COc1ccc(C)cc1-c1c(C)sc2nc(C)n(CCC(C)=O)c(=O)c12. The first-order valence-electron chi connectivity index (χ1n) is 8.48. The van der Waals surface area contributed by atoms with Gasteiger partial charge in [-0.2, -0.15) is 0 Å².